The van der Waals surface area contributed by atoms with Gasteiger partial charge in [0.1, 0.15) is 6.04 Å². The third-order valence-electron chi connectivity index (χ3n) is 3.54. The predicted molar refractivity (Wildman–Crippen MR) is 70.6 cm³/mol. The average molecular weight is 258 g/mol. The van der Waals surface area contributed by atoms with Gasteiger partial charge in [0.05, 0.1) is 13.2 Å². The Morgan fingerprint density at radius 3 is 2.56 bits per heavy atom. The van der Waals surface area contributed by atoms with Crippen molar-refractivity contribution in [3.63, 3.8) is 0 Å². The normalized spacial score (nSPS) is 19.7. The number of hydrogen-bond acceptors (Lipinski definition) is 5. The van der Waals surface area contributed by atoms with Crippen LogP contribution in [-0.4, -0.2) is 63.4 Å². The number of rotatable bonds is 7. The van der Waals surface area contributed by atoms with Crippen LogP contribution in [0.3, 0.4) is 0 Å². The highest BCUT2D eigenvalue weighted by molar-refractivity contribution is 5.75. The quantitative estimate of drug-likeness (QED) is 0.679. The highest BCUT2D eigenvalue weighted by Crippen LogP contribution is 2.13. The minimum absolute atomic E-state index is 0.163. The first kappa shape index (κ1) is 15.4. The molecule has 0 saturated carbocycles. The number of nitrogens with zero attached hydrogens (tertiary/aromatic N) is 1. The molecule has 1 saturated heterocycles. The van der Waals surface area contributed by atoms with Gasteiger partial charge in [-0.2, -0.15) is 0 Å². The molecular weight excluding hydrogens is 232 g/mol. The molecule has 1 fully saturated rings. The van der Waals surface area contributed by atoms with Crippen molar-refractivity contribution in [3.05, 3.63) is 0 Å². The summed E-state index contributed by atoms with van der Waals surface area (Å²) in [4.78, 5) is 13.9. The van der Waals surface area contributed by atoms with Gasteiger partial charge in [-0.1, -0.05) is 6.92 Å². The summed E-state index contributed by atoms with van der Waals surface area (Å²) < 4.78 is 10.1. The molecule has 1 unspecified atom stereocenters. The summed E-state index contributed by atoms with van der Waals surface area (Å²) >= 11 is 0. The zero-order valence-corrected chi connectivity index (χ0v) is 11.8. The lowest BCUT2D eigenvalue weighted by Crippen LogP contribution is -2.43. The van der Waals surface area contributed by atoms with Crippen molar-refractivity contribution in [2.45, 2.75) is 38.3 Å². The SMILES string of the molecule is CCNC(CCN1CCC(OC)CC1)C(=O)OC. The molecule has 0 bridgehead atoms. The molecule has 0 aliphatic carbocycles. The van der Waals surface area contributed by atoms with Gasteiger partial charge in [-0.15, -0.1) is 0 Å². The molecule has 1 aliphatic heterocycles. The molecule has 1 N–H and O–H groups in total. The number of carbonyl (C=O) groups excluding carboxylic acids is 1. The van der Waals surface area contributed by atoms with Gasteiger partial charge in [0.25, 0.3) is 0 Å². The van der Waals surface area contributed by atoms with Gasteiger partial charge in [-0.05, 0) is 25.8 Å². The highest BCUT2D eigenvalue weighted by atomic mass is 16.5. The van der Waals surface area contributed by atoms with Crippen LogP contribution in [0.15, 0.2) is 0 Å². The summed E-state index contributed by atoms with van der Waals surface area (Å²) in [5.41, 5.74) is 0. The number of likely N-dealkylation sites (tertiary alicyclic amines) is 1. The molecule has 18 heavy (non-hydrogen) atoms. The highest BCUT2D eigenvalue weighted by Gasteiger charge is 2.22. The summed E-state index contributed by atoms with van der Waals surface area (Å²) in [6.45, 7) is 5.83. The summed E-state index contributed by atoms with van der Waals surface area (Å²) in [6.07, 6.45) is 3.38. The van der Waals surface area contributed by atoms with E-state index in [1.165, 1.54) is 7.11 Å². The van der Waals surface area contributed by atoms with Crippen molar-refractivity contribution >= 4 is 5.97 Å². The van der Waals surface area contributed by atoms with Gasteiger partial charge in [0.15, 0.2) is 0 Å². The molecule has 0 spiro atoms. The second-order valence-corrected chi connectivity index (χ2v) is 4.70. The molecule has 1 aliphatic rings. The number of nitrogens with one attached hydrogen (secondary N) is 1. The Labute approximate surface area is 110 Å². The Hall–Kier alpha value is -0.650. The molecule has 0 amide bonds. The van der Waals surface area contributed by atoms with Crippen LogP contribution < -0.4 is 5.32 Å². The summed E-state index contributed by atoms with van der Waals surface area (Å²) in [5, 5.41) is 3.17. The largest absolute Gasteiger partial charge is 0.468 e. The van der Waals surface area contributed by atoms with Crippen molar-refractivity contribution in [2.24, 2.45) is 0 Å². The average Bonchev–Trinajstić information content (AvgIpc) is 2.43. The number of ether oxygens (including phenoxy) is 2. The lowest BCUT2D eigenvalue weighted by molar-refractivity contribution is -0.143. The van der Waals surface area contributed by atoms with E-state index in [0.29, 0.717) is 6.10 Å². The molecule has 1 rings (SSSR count). The van der Waals surface area contributed by atoms with E-state index in [1.54, 1.807) is 7.11 Å². The molecule has 0 aromatic rings. The van der Waals surface area contributed by atoms with Gasteiger partial charge in [0.2, 0.25) is 0 Å². The lowest BCUT2D eigenvalue weighted by atomic mass is 10.1. The first-order valence-corrected chi connectivity index (χ1v) is 6.77. The van der Waals surface area contributed by atoms with E-state index in [0.717, 1.165) is 45.4 Å². The van der Waals surface area contributed by atoms with E-state index in [-0.39, 0.29) is 12.0 Å². The van der Waals surface area contributed by atoms with Crippen LogP contribution in [0.2, 0.25) is 0 Å². The van der Waals surface area contributed by atoms with Gasteiger partial charge in [-0.3, -0.25) is 4.79 Å². The number of esters is 1. The van der Waals surface area contributed by atoms with Crippen LogP contribution >= 0.6 is 0 Å². The summed E-state index contributed by atoms with van der Waals surface area (Å²) in [5.74, 6) is -0.163. The number of hydrogen-bond donors (Lipinski definition) is 1. The van der Waals surface area contributed by atoms with Gasteiger partial charge >= 0.3 is 5.97 Å². The van der Waals surface area contributed by atoms with Crippen molar-refractivity contribution in [2.75, 3.05) is 40.4 Å². The Bertz CT molecular complexity index is 240. The summed E-state index contributed by atoms with van der Waals surface area (Å²) in [7, 11) is 3.22. The van der Waals surface area contributed by atoms with Gasteiger partial charge in [-0.25, -0.2) is 0 Å². The number of methoxy groups -OCH3 is 2. The van der Waals surface area contributed by atoms with Crippen molar-refractivity contribution in [1.29, 1.82) is 0 Å². The number of piperidine rings is 1. The second kappa shape index (κ2) is 8.45. The Morgan fingerprint density at radius 1 is 1.39 bits per heavy atom. The second-order valence-electron chi connectivity index (χ2n) is 4.70. The topological polar surface area (TPSA) is 50.8 Å². The minimum Gasteiger partial charge on any atom is -0.468 e. The Kier molecular flexibility index (Phi) is 7.23. The third-order valence-corrected chi connectivity index (χ3v) is 3.54. The molecule has 0 aromatic carbocycles. The van der Waals surface area contributed by atoms with Crippen LogP contribution in [0, 0.1) is 0 Å². The molecule has 0 radical (unpaired) electrons. The first-order chi connectivity index (χ1) is 8.71. The molecule has 5 heteroatoms. The van der Waals surface area contributed by atoms with E-state index >= 15 is 0 Å². The fraction of sp³-hybridized carbons (Fsp3) is 0.923. The van der Waals surface area contributed by atoms with Crippen LogP contribution in [-0.2, 0) is 14.3 Å². The Morgan fingerprint density at radius 2 is 2.06 bits per heavy atom. The van der Waals surface area contributed by atoms with E-state index in [4.69, 9.17) is 9.47 Å². The van der Waals surface area contributed by atoms with E-state index < -0.39 is 0 Å². The van der Waals surface area contributed by atoms with Crippen LogP contribution in [0.4, 0.5) is 0 Å². The number of carbonyl (C=O) groups is 1. The van der Waals surface area contributed by atoms with Gasteiger partial charge in [0, 0.05) is 26.7 Å². The van der Waals surface area contributed by atoms with Gasteiger partial charge < -0.3 is 19.7 Å². The third kappa shape index (κ3) is 4.92. The van der Waals surface area contributed by atoms with E-state index in [9.17, 15) is 4.79 Å². The predicted octanol–water partition coefficient (Wildman–Crippen LogP) is 0.638. The lowest BCUT2D eigenvalue weighted by Gasteiger charge is -2.31. The standard InChI is InChI=1S/C13H26N2O3/c1-4-14-12(13(16)18-3)7-10-15-8-5-11(17-2)6-9-15/h11-12,14H,4-10H2,1-3H3. The molecule has 1 atom stereocenters. The van der Waals surface area contributed by atoms with Crippen LogP contribution in [0.1, 0.15) is 26.2 Å². The maximum Gasteiger partial charge on any atom is 0.322 e. The summed E-state index contributed by atoms with van der Waals surface area (Å²) in [6, 6.07) is -0.180. The van der Waals surface area contributed by atoms with Crippen LogP contribution in [0.25, 0.3) is 0 Å². The van der Waals surface area contributed by atoms with Crippen molar-refractivity contribution in [3.8, 4) is 0 Å². The molecular formula is C13H26N2O3. The maximum atomic E-state index is 11.5. The van der Waals surface area contributed by atoms with Crippen molar-refractivity contribution in [1.82, 2.24) is 10.2 Å². The zero-order valence-electron chi connectivity index (χ0n) is 11.8. The first-order valence-electron chi connectivity index (χ1n) is 6.77. The minimum atomic E-state index is -0.180. The maximum absolute atomic E-state index is 11.5. The van der Waals surface area contributed by atoms with Crippen molar-refractivity contribution < 1.29 is 14.3 Å². The van der Waals surface area contributed by atoms with E-state index in [2.05, 4.69) is 10.2 Å². The van der Waals surface area contributed by atoms with E-state index in [1.807, 2.05) is 6.92 Å². The number of likely N-dealkylation sites (N-methyl/N-ethyl adjacent to an activating group) is 1. The Balaban J connectivity index is 2.27. The molecule has 5 nitrogen and oxygen atoms in total. The smallest absolute Gasteiger partial charge is 0.322 e. The fourth-order valence-corrected chi connectivity index (χ4v) is 2.37. The fourth-order valence-electron chi connectivity index (χ4n) is 2.37. The zero-order chi connectivity index (χ0) is 13.4. The molecule has 1 heterocycles. The molecule has 106 valence electrons. The van der Waals surface area contributed by atoms with Crippen LogP contribution in [0.5, 0.6) is 0 Å². The molecule has 0 aromatic heterocycles. The monoisotopic (exact) mass is 258 g/mol.